The number of hydrogen-bond acceptors (Lipinski definition) is 2. The molecular formula is C11H8N2S. The molecule has 0 unspecified atom stereocenters. The van der Waals surface area contributed by atoms with Crippen LogP contribution in [0.2, 0.25) is 0 Å². The van der Waals surface area contributed by atoms with Gasteiger partial charge in [-0.3, -0.25) is 5.10 Å². The van der Waals surface area contributed by atoms with Gasteiger partial charge in [0.25, 0.3) is 0 Å². The first-order valence-electron chi connectivity index (χ1n) is 4.42. The molecule has 3 aromatic rings. The number of fused-ring (bicyclic) bond motifs is 1. The van der Waals surface area contributed by atoms with Crippen LogP contribution in [0, 0.1) is 0 Å². The molecule has 3 rings (SSSR count). The SMILES string of the molecule is c1ccc(-c2n[nH]c3ccsc23)cc1. The van der Waals surface area contributed by atoms with E-state index in [0.717, 1.165) is 11.2 Å². The van der Waals surface area contributed by atoms with Gasteiger partial charge in [-0.15, -0.1) is 11.3 Å². The molecule has 3 heteroatoms. The Morgan fingerprint density at radius 3 is 2.79 bits per heavy atom. The Hall–Kier alpha value is -1.61. The smallest absolute Gasteiger partial charge is 0.110 e. The van der Waals surface area contributed by atoms with Crippen molar-refractivity contribution >= 4 is 21.6 Å². The summed E-state index contributed by atoms with van der Waals surface area (Å²) in [5.74, 6) is 0. The van der Waals surface area contributed by atoms with E-state index in [2.05, 4.69) is 33.8 Å². The van der Waals surface area contributed by atoms with Gasteiger partial charge in [0, 0.05) is 5.56 Å². The van der Waals surface area contributed by atoms with Gasteiger partial charge in [0.2, 0.25) is 0 Å². The van der Waals surface area contributed by atoms with Gasteiger partial charge >= 0.3 is 0 Å². The minimum atomic E-state index is 1.05. The number of rotatable bonds is 1. The molecule has 0 fully saturated rings. The zero-order valence-electron chi connectivity index (χ0n) is 7.40. The lowest BCUT2D eigenvalue weighted by Crippen LogP contribution is -1.76. The lowest BCUT2D eigenvalue weighted by molar-refractivity contribution is 1.12. The quantitative estimate of drug-likeness (QED) is 0.641. The predicted octanol–water partition coefficient (Wildman–Crippen LogP) is 3.29. The number of aromatic nitrogens is 2. The van der Waals surface area contributed by atoms with Crippen LogP contribution >= 0.6 is 11.3 Å². The molecule has 0 aliphatic rings. The molecule has 1 aromatic carbocycles. The minimum absolute atomic E-state index is 1.05. The molecule has 0 radical (unpaired) electrons. The molecular weight excluding hydrogens is 192 g/mol. The standard InChI is InChI=1S/C11H8N2S/c1-2-4-8(5-3-1)10-11-9(12-13-10)6-7-14-11/h1-7H,(H,12,13). The summed E-state index contributed by atoms with van der Waals surface area (Å²) < 4.78 is 1.23. The molecule has 2 nitrogen and oxygen atoms in total. The van der Waals surface area contributed by atoms with Gasteiger partial charge in [0.05, 0.1) is 10.2 Å². The number of hydrogen-bond donors (Lipinski definition) is 1. The second kappa shape index (κ2) is 2.96. The highest BCUT2D eigenvalue weighted by molar-refractivity contribution is 7.17. The normalized spacial score (nSPS) is 10.9. The summed E-state index contributed by atoms with van der Waals surface area (Å²) in [4.78, 5) is 0. The molecule has 0 aliphatic heterocycles. The average Bonchev–Trinajstić information content (AvgIpc) is 2.79. The van der Waals surface area contributed by atoms with Gasteiger partial charge in [-0.25, -0.2) is 0 Å². The lowest BCUT2D eigenvalue weighted by Gasteiger charge is -1.93. The van der Waals surface area contributed by atoms with Gasteiger partial charge in [-0.2, -0.15) is 5.10 Å². The van der Waals surface area contributed by atoms with E-state index < -0.39 is 0 Å². The highest BCUT2D eigenvalue weighted by Gasteiger charge is 2.07. The zero-order chi connectivity index (χ0) is 9.38. The number of benzene rings is 1. The average molecular weight is 200 g/mol. The van der Waals surface area contributed by atoms with E-state index in [1.54, 1.807) is 11.3 Å². The Kier molecular flexibility index (Phi) is 1.64. The van der Waals surface area contributed by atoms with E-state index in [0.29, 0.717) is 0 Å². The van der Waals surface area contributed by atoms with Crippen molar-refractivity contribution in [2.45, 2.75) is 0 Å². The first-order chi connectivity index (χ1) is 6.95. The molecule has 14 heavy (non-hydrogen) atoms. The predicted molar refractivity (Wildman–Crippen MR) is 59.4 cm³/mol. The van der Waals surface area contributed by atoms with Gasteiger partial charge < -0.3 is 0 Å². The Morgan fingerprint density at radius 2 is 1.93 bits per heavy atom. The fourth-order valence-electron chi connectivity index (χ4n) is 1.54. The van der Waals surface area contributed by atoms with Crippen molar-refractivity contribution in [3.63, 3.8) is 0 Å². The third-order valence-electron chi connectivity index (χ3n) is 2.22. The fraction of sp³-hybridized carbons (Fsp3) is 0. The lowest BCUT2D eigenvalue weighted by atomic mass is 10.1. The molecule has 2 aromatic heterocycles. The summed E-state index contributed by atoms with van der Waals surface area (Å²) in [6, 6.07) is 12.3. The Labute approximate surface area is 85.2 Å². The van der Waals surface area contributed by atoms with E-state index in [1.807, 2.05) is 18.2 Å². The molecule has 0 saturated carbocycles. The monoisotopic (exact) mass is 200 g/mol. The van der Waals surface area contributed by atoms with Crippen LogP contribution in [0.1, 0.15) is 0 Å². The van der Waals surface area contributed by atoms with Crippen molar-refractivity contribution in [2.75, 3.05) is 0 Å². The van der Waals surface area contributed by atoms with Crippen LogP contribution < -0.4 is 0 Å². The maximum absolute atomic E-state index is 4.31. The zero-order valence-corrected chi connectivity index (χ0v) is 8.21. The number of nitrogens with zero attached hydrogens (tertiary/aromatic N) is 1. The van der Waals surface area contributed by atoms with Crippen LogP contribution in [0.4, 0.5) is 0 Å². The van der Waals surface area contributed by atoms with Crippen LogP contribution in [-0.4, -0.2) is 10.2 Å². The van der Waals surface area contributed by atoms with Crippen LogP contribution in [0.3, 0.4) is 0 Å². The van der Waals surface area contributed by atoms with Crippen LogP contribution in [0.15, 0.2) is 41.8 Å². The molecule has 0 atom stereocenters. The van der Waals surface area contributed by atoms with Crippen molar-refractivity contribution in [2.24, 2.45) is 0 Å². The largest absolute Gasteiger partial charge is 0.276 e. The van der Waals surface area contributed by atoms with E-state index in [1.165, 1.54) is 10.3 Å². The van der Waals surface area contributed by atoms with Gasteiger partial charge in [-0.1, -0.05) is 30.3 Å². The molecule has 1 N–H and O–H groups in total. The van der Waals surface area contributed by atoms with Crippen molar-refractivity contribution in [1.82, 2.24) is 10.2 Å². The van der Waals surface area contributed by atoms with Crippen LogP contribution in [0.5, 0.6) is 0 Å². The third-order valence-corrected chi connectivity index (χ3v) is 3.14. The first-order valence-corrected chi connectivity index (χ1v) is 5.30. The van der Waals surface area contributed by atoms with Crippen LogP contribution in [0.25, 0.3) is 21.5 Å². The highest BCUT2D eigenvalue weighted by atomic mass is 32.1. The van der Waals surface area contributed by atoms with E-state index in [9.17, 15) is 0 Å². The summed E-state index contributed by atoms with van der Waals surface area (Å²) in [5.41, 5.74) is 3.34. The van der Waals surface area contributed by atoms with E-state index >= 15 is 0 Å². The van der Waals surface area contributed by atoms with Crippen molar-refractivity contribution in [1.29, 1.82) is 0 Å². The summed E-state index contributed by atoms with van der Waals surface area (Å²) in [5, 5.41) is 9.42. The number of aromatic amines is 1. The summed E-state index contributed by atoms with van der Waals surface area (Å²) >= 11 is 1.72. The molecule has 0 spiro atoms. The van der Waals surface area contributed by atoms with Gasteiger partial charge in [0.1, 0.15) is 5.69 Å². The van der Waals surface area contributed by atoms with Crippen LogP contribution in [-0.2, 0) is 0 Å². The number of nitrogens with one attached hydrogen (secondary N) is 1. The number of thiophene rings is 1. The molecule has 2 heterocycles. The number of H-pyrrole nitrogens is 1. The third kappa shape index (κ3) is 1.06. The summed E-state index contributed by atoms with van der Waals surface area (Å²) in [6.07, 6.45) is 0. The fourth-order valence-corrected chi connectivity index (χ4v) is 2.40. The van der Waals surface area contributed by atoms with Gasteiger partial charge in [0.15, 0.2) is 0 Å². The maximum atomic E-state index is 4.31. The minimum Gasteiger partial charge on any atom is -0.276 e. The maximum Gasteiger partial charge on any atom is 0.110 e. The molecule has 0 saturated heterocycles. The summed E-state index contributed by atoms with van der Waals surface area (Å²) in [7, 11) is 0. The molecule has 0 amide bonds. The van der Waals surface area contributed by atoms with E-state index in [4.69, 9.17) is 0 Å². The Bertz CT molecular complexity index is 551. The Morgan fingerprint density at radius 1 is 1.07 bits per heavy atom. The topological polar surface area (TPSA) is 28.7 Å². The molecule has 0 bridgehead atoms. The van der Waals surface area contributed by atoms with Crippen molar-refractivity contribution < 1.29 is 0 Å². The van der Waals surface area contributed by atoms with Crippen molar-refractivity contribution in [3.8, 4) is 11.3 Å². The van der Waals surface area contributed by atoms with Crippen molar-refractivity contribution in [3.05, 3.63) is 41.8 Å². The summed E-state index contributed by atoms with van der Waals surface area (Å²) in [6.45, 7) is 0. The first kappa shape index (κ1) is 7.76. The second-order valence-electron chi connectivity index (χ2n) is 3.10. The van der Waals surface area contributed by atoms with Gasteiger partial charge in [-0.05, 0) is 11.4 Å². The highest BCUT2D eigenvalue weighted by Crippen LogP contribution is 2.29. The molecule has 68 valence electrons. The van der Waals surface area contributed by atoms with E-state index in [-0.39, 0.29) is 0 Å². The molecule has 0 aliphatic carbocycles. The Balaban J connectivity index is 2.28. The second-order valence-corrected chi connectivity index (χ2v) is 4.02.